The highest BCUT2D eigenvalue weighted by Crippen LogP contribution is 2.54. The molecule has 0 bridgehead atoms. The van der Waals surface area contributed by atoms with Crippen LogP contribution in [0.25, 0.3) is 10.9 Å². The van der Waals surface area contributed by atoms with Gasteiger partial charge in [0.25, 0.3) is 5.91 Å². The van der Waals surface area contributed by atoms with E-state index in [1.807, 2.05) is 12.1 Å². The van der Waals surface area contributed by atoms with Crippen LogP contribution < -0.4 is 26.4 Å². The first-order valence-electron chi connectivity index (χ1n) is 12.4. The van der Waals surface area contributed by atoms with E-state index in [1.165, 1.54) is 0 Å². The number of carbonyl (C=O) groups is 4. The maximum Gasteiger partial charge on any atom is 0.268 e. The average Bonchev–Trinajstić information content (AvgIpc) is 3.23. The Hall–Kier alpha value is -3.56. The number of aromatic nitrogens is 1. The number of nitrogens with one attached hydrogen (secondary N) is 4. The van der Waals surface area contributed by atoms with Crippen molar-refractivity contribution in [3.8, 4) is 5.75 Å². The number of hydrogen-bond donors (Lipinski definition) is 5. The van der Waals surface area contributed by atoms with Gasteiger partial charge >= 0.3 is 0 Å². The summed E-state index contributed by atoms with van der Waals surface area (Å²) in [5.74, 6) is -1.27. The number of aromatic amines is 1. The van der Waals surface area contributed by atoms with Crippen LogP contribution in [0.15, 0.2) is 24.3 Å². The van der Waals surface area contributed by atoms with Gasteiger partial charge in [-0.15, -0.1) is 0 Å². The first-order valence-corrected chi connectivity index (χ1v) is 12.4. The lowest BCUT2D eigenvalue weighted by molar-refractivity contribution is -0.131. The maximum atomic E-state index is 13.3. The number of primary amides is 1. The van der Waals surface area contributed by atoms with Gasteiger partial charge in [-0.2, -0.15) is 0 Å². The molecule has 2 aromatic rings. The van der Waals surface area contributed by atoms with Gasteiger partial charge < -0.3 is 31.4 Å². The van der Waals surface area contributed by atoms with Gasteiger partial charge in [-0.3, -0.25) is 19.2 Å². The second-order valence-corrected chi connectivity index (χ2v) is 10.6. The molecule has 36 heavy (non-hydrogen) atoms. The Kier molecular flexibility index (Phi) is 7.23. The highest BCUT2D eigenvalue weighted by Gasteiger charge is 2.47. The molecule has 1 aliphatic heterocycles. The average molecular weight is 498 g/mol. The molecule has 4 amide bonds. The Morgan fingerprint density at radius 1 is 1.19 bits per heavy atom. The lowest BCUT2D eigenvalue weighted by Gasteiger charge is -2.27. The first-order chi connectivity index (χ1) is 17.1. The van der Waals surface area contributed by atoms with E-state index in [-0.39, 0.29) is 23.7 Å². The van der Waals surface area contributed by atoms with Crippen LogP contribution in [-0.4, -0.2) is 54.4 Å². The zero-order valence-electron chi connectivity index (χ0n) is 21.0. The molecule has 1 aliphatic carbocycles. The summed E-state index contributed by atoms with van der Waals surface area (Å²) in [5.41, 5.74) is 6.70. The van der Waals surface area contributed by atoms with Crippen LogP contribution in [-0.2, 0) is 14.4 Å². The van der Waals surface area contributed by atoms with E-state index >= 15 is 0 Å². The third-order valence-electron chi connectivity index (χ3n) is 7.53. The number of hydrogen-bond acceptors (Lipinski definition) is 5. The lowest BCUT2D eigenvalue weighted by Crippen LogP contribution is -2.54. The fourth-order valence-corrected chi connectivity index (χ4v) is 5.02. The smallest absolute Gasteiger partial charge is 0.268 e. The van der Waals surface area contributed by atoms with Crippen LogP contribution in [0.4, 0.5) is 0 Å². The predicted octanol–water partition coefficient (Wildman–Crippen LogP) is 1.60. The van der Waals surface area contributed by atoms with Crippen LogP contribution in [0.5, 0.6) is 5.75 Å². The van der Waals surface area contributed by atoms with Gasteiger partial charge in [-0.1, -0.05) is 19.9 Å². The van der Waals surface area contributed by atoms with Crippen LogP contribution in [0, 0.1) is 17.3 Å². The fraction of sp³-hybridized carbons (Fsp3) is 0.538. The monoisotopic (exact) mass is 497 g/mol. The van der Waals surface area contributed by atoms with Gasteiger partial charge in [0.05, 0.1) is 7.11 Å². The molecule has 2 heterocycles. The third kappa shape index (κ3) is 5.63. The van der Waals surface area contributed by atoms with E-state index in [0.717, 1.165) is 23.7 Å². The minimum Gasteiger partial charge on any atom is -0.496 e. The maximum absolute atomic E-state index is 13.3. The molecule has 1 saturated heterocycles. The molecule has 10 nitrogen and oxygen atoms in total. The molecule has 0 spiro atoms. The number of piperidine rings is 1. The van der Waals surface area contributed by atoms with Crippen molar-refractivity contribution in [1.29, 1.82) is 0 Å². The van der Waals surface area contributed by atoms with Crippen LogP contribution in [0.2, 0.25) is 0 Å². The standard InChI is InChI=1S/C26H35N5O5/c1-26(2)13-15(26)11-19(24(34)30-18(22(27)32)10-14-6-5-9-28-23(14)33)31-25(35)20-12-16-17(29-20)7-4-8-21(16)36-3/h4,7-8,12,14-15,18-19,29H,5-6,9-11,13H2,1-3H3,(H2,27,32)(H,28,33)(H,30,34)(H,31,35)/t14-,15?,18?,19?/m0/s1. The number of methoxy groups -OCH3 is 1. The molecule has 2 fully saturated rings. The molecule has 4 rings (SSSR count). The van der Waals surface area contributed by atoms with E-state index in [2.05, 4.69) is 34.8 Å². The fourth-order valence-electron chi connectivity index (χ4n) is 5.02. The van der Waals surface area contributed by atoms with E-state index in [4.69, 9.17) is 10.5 Å². The van der Waals surface area contributed by atoms with Crippen molar-refractivity contribution in [3.05, 3.63) is 30.0 Å². The molecule has 3 unspecified atom stereocenters. The number of ether oxygens (including phenoxy) is 1. The van der Waals surface area contributed by atoms with Crippen molar-refractivity contribution >= 4 is 34.5 Å². The number of rotatable bonds is 10. The Morgan fingerprint density at radius 2 is 1.94 bits per heavy atom. The number of fused-ring (bicyclic) bond motifs is 1. The Morgan fingerprint density at radius 3 is 2.58 bits per heavy atom. The molecule has 10 heteroatoms. The topological polar surface area (TPSA) is 155 Å². The van der Waals surface area contributed by atoms with Gasteiger partial charge in [0.15, 0.2) is 0 Å². The van der Waals surface area contributed by atoms with Gasteiger partial charge in [-0.05, 0) is 61.6 Å². The lowest BCUT2D eigenvalue weighted by atomic mass is 9.91. The van der Waals surface area contributed by atoms with E-state index in [1.54, 1.807) is 19.2 Å². The third-order valence-corrected chi connectivity index (χ3v) is 7.53. The van der Waals surface area contributed by atoms with Gasteiger partial charge in [0.2, 0.25) is 17.7 Å². The van der Waals surface area contributed by atoms with Crippen molar-refractivity contribution in [3.63, 3.8) is 0 Å². The van der Waals surface area contributed by atoms with Crippen LogP contribution in [0.1, 0.15) is 56.4 Å². The first kappa shape index (κ1) is 25.5. The van der Waals surface area contributed by atoms with E-state index in [0.29, 0.717) is 30.8 Å². The van der Waals surface area contributed by atoms with Crippen molar-refractivity contribution in [2.45, 2.75) is 58.0 Å². The van der Waals surface area contributed by atoms with Crippen LogP contribution in [0.3, 0.4) is 0 Å². The molecule has 6 N–H and O–H groups in total. The zero-order chi connectivity index (χ0) is 26.0. The second-order valence-electron chi connectivity index (χ2n) is 10.6. The molecule has 4 atom stereocenters. The summed E-state index contributed by atoms with van der Waals surface area (Å²) < 4.78 is 5.37. The summed E-state index contributed by atoms with van der Waals surface area (Å²) in [6.45, 7) is 4.84. The van der Waals surface area contributed by atoms with Crippen LogP contribution >= 0.6 is 0 Å². The zero-order valence-corrected chi connectivity index (χ0v) is 21.0. The van der Waals surface area contributed by atoms with Crippen molar-refractivity contribution in [2.24, 2.45) is 23.0 Å². The molecule has 1 aromatic heterocycles. The molecule has 2 aliphatic rings. The molecule has 1 aromatic carbocycles. The largest absolute Gasteiger partial charge is 0.496 e. The Bertz CT molecular complexity index is 1170. The summed E-state index contributed by atoms with van der Waals surface area (Å²) in [6.07, 6.45) is 2.94. The number of H-pyrrole nitrogens is 1. The quantitative estimate of drug-likeness (QED) is 0.337. The highest BCUT2D eigenvalue weighted by molar-refractivity contribution is 6.01. The number of amides is 4. The Balaban J connectivity index is 1.49. The van der Waals surface area contributed by atoms with E-state index < -0.39 is 35.7 Å². The van der Waals surface area contributed by atoms with Gasteiger partial charge in [0.1, 0.15) is 23.5 Å². The molecular weight excluding hydrogens is 462 g/mol. The molecule has 0 radical (unpaired) electrons. The summed E-state index contributed by atoms with van der Waals surface area (Å²) in [4.78, 5) is 53.9. The van der Waals surface area contributed by atoms with Gasteiger partial charge in [-0.25, -0.2) is 0 Å². The van der Waals surface area contributed by atoms with E-state index in [9.17, 15) is 19.2 Å². The second kappa shape index (κ2) is 10.2. The number of benzene rings is 1. The summed E-state index contributed by atoms with van der Waals surface area (Å²) in [7, 11) is 1.56. The minimum atomic E-state index is -1.00. The predicted molar refractivity (Wildman–Crippen MR) is 134 cm³/mol. The summed E-state index contributed by atoms with van der Waals surface area (Å²) >= 11 is 0. The van der Waals surface area contributed by atoms with Gasteiger partial charge in [0, 0.05) is 23.4 Å². The van der Waals surface area contributed by atoms with Crippen molar-refractivity contribution < 1.29 is 23.9 Å². The van der Waals surface area contributed by atoms with Crippen molar-refractivity contribution in [2.75, 3.05) is 13.7 Å². The number of nitrogens with two attached hydrogens (primary N) is 1. The molecule has 1 saturated carbocycles. The number of carbonyl (C=O) groups excluding carboxylic acids is 4. The minimum absolute atomic E-state index is 0.0843. The SMILES string of the molecule is COc1cccc2[nH]c(C(=O)NC(CC3CC3(C)C)C(=O)NC(C[C@@H]3CCCNC3=O)C(N)=O)cc12. The van der Waals surface area contributed by atoms with Crippen molar-refractivity contribution in [1.82, 2.24) is 20.9 Å². The summed E-state index contributed by atoms with van der Waals surface area (Å²) in [6, 6.07) is 5.29. The molecular formula is C26H35N5O5. The molecule has 194 valence electrons. The highest BCUT2D eigenvalue weighted by atomic mass is 16.5. The normalized spacial score (nSPS) is 22.2. The Labute approximate surface area is 210 Å². The summed E-state index contributed by atoms with van der Waals surface area (Å²) in [5, 5.41) is 9.10.